The summed E-state index contributed by atoms with van der Waals surface area (Å²) >= 11 is 3.89. The van der Waals surface area contributed by atoms with Crippen LogP contribution in [0.1, 0.15) is 0 Å². The normalized spacial score (nSPS) is 2.50. The molecule has 0 saturated heterocycles. The predicted octanol–water partition coefficient (Wildman–Crippen LogP) is 1.08. The highest BCUT2D eigenvalue weighted by atomic mass is 32.4. The van der Waals surface area contributed by atoms with E-state index in [2.05, 4.69) is 29.1 Å². The van der Waals surface area contributed by atoms with E-state index in [0.29, 0.717) is 0 Å². The molecule has 0 fully saturated rings. The van der Waals surface area contributed by atoms with Crippen LogP contribution in [0.5, 0.6) is 0 Å². The molecule has 0 radical (unpaired) electrons. The van der Waals surface area contributed by atoms with E-state index >= 15 is 0 Å². The summed E-state index contributed by atoms with van der Waals surface area (Å²) in [6, 6.07) is 0. The molecule has 0 aromatic rings. The van der Waals surface area contributed by atoms with Crippen LogP contribution in [0.4, 0.5) is 0 Å². The lowest BCUT2D eigenvalue weighted by molar-refractivity contribution is 2.53. The Morgan fingerprint density at radius 1 is 1.50 bits per heavy atom. The van der Waals surface area contributed by atoms with E-state index in [1.165, 1.54) is 0 Å². The van der Waals surface area contributed by atoms with Crippen molar-refractivity contribution in [2.75, 3.05) is 6.66 Å². The van der Waals surface area contributed by atoms with Gasteiger partial charge in [-0.2, -0.15) is 0 Å². The fraction of sp³-hybridized carbons (Fsp3) is 1.00. The highest BCUT2D eigenvalue weighted by molar-refractivity contribution is 7.88. The maximum atomic E-state index is 3.89. The van der Waals surface area contributed by atoms with Crippen LogP contribution in [0.15, 0.2) is 0 Å². The molecule has 1 unspecified atom stereocenters. The highest BCUT2D eigenvalue weighted by Crippen LogP contribution is 1.46. The third-order valence-electron chi connectivity index (χ3n) is 0. The third kappa shape index (κ3) is 12.4. The van der Waals surface area contributed by atoms with Crippen LogP contribution in [0.2, 0.25) is 0 Å². The Balaban J connectivity index is 0. The maximum absolute atomic E-state index is 3.89. The van der Waals surface area contributed by atoms with Crippen molar-refractivity contribution < 1.29 is 0 Å². The molecule has 26 valence electrons. The molecule has 0 heterocycles. The van der Waals surface area contributed by atoms with Gasteiger partial charge in [0.05, 0.1) is 0 Å². The topological polar surface area (TPSA) is 0 Å². The summed E-state index contributed by atoms with van der Waals surface area (Å²) in [4.78, 5) is 0. The van der Waals surface area contributed by atoms with Crippen molar-refractivity contribution in [1.29, 1.82) is 0 Å². The second kappa shape index (κ2) is 38.1. The quantitative estimate of drug-likeness (QED) is 0.422. The largest absolute Gasteiger partial charge is 0.141 e. The molecule has 0 aliphatic carbocycles. The molecular formula is CH6P2S. The van der Waals surface area contributed by atoms with Crippen molar-refractivity contribution in [3.05, 3.63) is 0 Å². The fourth-order valence-corrected chi connectivity index (χ4v) is 0. The van der Waals surface area contributed by atoms with E-state index in [0.717, 1.165) is 0 Å². The van der Waals surface area contributed by atoms with Crippen molar-refractivity contribution in [2.45, 2.75) is 0 Å². The summed E-state index contributed by atoms with van der Waals surface area (Å²) in [6.45, 7) is 1.92. The average Bonchev–Trinajstić information content (AvgIpc) is 1.50. The summed E-state index contributed by atoms with van der Waals surface area (Å²) in [7, 11) is 4.97. The molecule has 0 saturated carbocycles. The molecule has 0 bridgehead atoms. The summed E-state index contributed by atoms with van der Waals surface area (Å²) in [5, 5.41) is 0. The van der Waals surface area contributed by atoms with Gasteiger partial charge in [0.1, 0.15) is 0 Å². The molecule has 0 rings (SSSR count). The van der Waals surface area contributed by atoms with Crippen molar-refractivity contribution in [3.63, 3.8) is 0 Å². The number of hydrogen-bond donors (Lipinski definition) is 0. The first kappa shape index (κ1) is 8.87. The van der Waals surface area contributed by atoms with Crippen LogP contribution in [-0.4, -0.2) is 6.66 Å². The van der Waals surface area contributed by atoms with Gasteiger partial charge in [-0.05, 0) is 8.02 Å². The molecule has 0 aliphatic heterocycles. The Bertz CT molecular complexity index is 6.00. The molecule has 0 aromatic carbocycles. The first-order chi connectivity index (χ1) is 2.00. The maximum Gasteiger partial charge on any atom is -0.0437 e. The first-order valence-corrected chi connectivity index (χ1v) is 3.57. The van der Waals surface area contributed by atoms with Gasteiger partial charge in [0, 0.05) is 0 Å². The Morgan fingerprint density at radius 2 is 1.50 bits per heavy atom. The Kier molecular flexibility index (Phi) is 84.5. The molecule has 3 heteroatoms. The van der Waals surface area contributed by atoms with Gasteiger partial charge in [0.25, 0.3) is 0 Å². The number of rotatable bonds is 0. The lowest BCUT2D eigenvalue weighted by atomic mass is 12.0. The smallest absolute Gasteiger partial charge is 0.0437 e. The Morgan fingerprint density at radius 3 is 1.50 bits per heavy atom. The lowest BCUT2D eigenvalue weighted by Crippen LogP contribution is -0.804. The summed E-state index contributed by atoms with van der Waals surface area (Å²) in [5.74, 6) is 0. The second-order valence-electron chi connectivity index (χ2n) is 0. The molecular weight excluding hydrogens is 106 g/mol. The SMILES string of the molecule is CP.P=S. The van der Waals surface area contributed by atoms with Crippen LogP contribution in [0.25, 0.3) is 0 Å². The van der Waals surface area contributed by atoms with E-state index in [-0.39, 0.29) is 0 Å². The molecule has 4 heavy (non-hydrogen) atoms. The van der Waals surface area contributed by atoms with Gasteiger partial charge < -0.3 is 0 Å². The molecule has 0 amide bonds. The van der Waals surface area contributed by atoms with Gasteiger partial charge in [0.2, 0.25) is 0 Å². The number of hydrogen-bond acceptors (Lipinski definition) is 1. The van der Waals surface area contributed by atoms with E-state index in [1.54, 1.807) is 0 Å². The molecule has 0 nitrogen and oxygen atoms in total. The third-order valence-corrected chi connectivity index (χ3v) is 0. The summed E-state index contributed by atoms with van der Waals surface area (Å²) in [5.41, 5.74) is 0. The molecule has 0 aliphatic rings. The summed E-state index contributed by atoms with van der Waals surface area (Å²) < 4.78 is 0. The van der Waals surface area contributed by atoms with E-state index < -0.39 is 0 Å². The fourth-order valence-electron chi connectivity index (χ4n) is 0. The van der Waals surface area contributed by atoms with Gasteiger partial charge in [0.15, 0.2) is 0 Å². The minimum Gasteiger partial charge on any atom is -0.141 e. The zero-order valence-corrected chi connectivity index (χ0v) is 5.46. The van der Waals surface area contributed by atoms with E-state index in [4.69, 9.17) is 0 Å². The molecule has 1 atom stereocenters. The zero-order valence-electron chi connectivity index (χ0n) is 2.49. The van der Waals surface area contributed by atoms with Crippen molar-refractivity contribution in [1.82, 2.24) is 0 Å². The standard InChI is InChI=1S/CH5P.HPS/c2*1-2/h2H2,1H3;1H. The van der Waals surface area contributed by atoms with Crippen molar-refractivity contribution in [3.8, 4) is 0 Å². The highest BCUT2D eigenvalue weighted by Gasteiger charge is 0.906. The molecule has 0 spiro atoms. The Hall–Kier alpha value is 0.950. The minimum atomic E-state index is 1.92. The lowest BCUT2D eigenvalue weighted by Gasteiger charge is -1.10. The van der Waals surface area contributed by atoms with Gasteiger partial charge in [-0.25, -0.2) is 0 Å². The minimum absolute atomic E-state index is 1.92. The van der Waals surface area contributed by atoms with Gasteiger partial charge >= 0.3 is 0 Å². The average molecular weight is 112 g/mol. The monoisotopic (exact) mass is 112 g/mol. The van der Waals surface area contributed by atoms with Crippen molar-refractivity contribution >= 4 is 29.1 Å². The van der Waals surface area contributed by atoms with Crippen LogP contribution >= 0.6 is 17.3 Å². The van der Waals surface area contributed by atoms with Crippen molar-refractivity contribution in [2.24, 2.45) is 0 Å². The first-order valence-electron chi connectivity index (χ1n) is 0.781. The van der Waals surface area contributed by atoms with Crippen LogP contribution in [0, 0.1) is 0 Å². The van der Waals surface area contributed by atoms with Gasteiger partial charge in [-0.15, -0.1) is 9.24 Å². The van der Waals surface area contributed by atoms with Gasteiger partial charge in [-0.1, -0.05) is 18.5 Å². The zero-order chi connectivity index (χ0) is 4.00. The van der Waals surface area contributed by atoms with Crippen LogP contribution in [-0.2, 0) is 11.8 Å². The van der Waals surface area contributed by atoms with E-state index in [1.807, 2.05) is 6.66 Å². The predicted molar refractivity (Wildman–Crippen MR) is 31.3 cm³/mol. The second-order valence-corrected chi connectivity index (χ2v) is 0. The van der Waals surface area contributed by atoms with E-state index in [9.17, 15) is 0 Å². The van der Waals surface area contributed by atoms with Crippen LogP contribution in [0.3, 0.4) is 0 Å². The van der Waals surface area contributed by atoms with Crippen LogP contribution < -0.4 is 0 Å². The summed E-state index contributed by atoms with van der Waals surface area (Å²) in [6.07, 6.45) is 0. The molecule has 0 N–H and O–H groups in total. The Labute approximate surface area is 36.4 Å². The van der Waals surface area contributed by atoms with Gasteiger partial charge in [-0.3, -0.25) is 0 Å². The molecule has 0 aromatic heterocycles.